The summed E-state index contributed by atoms with van der Waals surface area (Å²) < 4.78 is 0. The van der Waals surface area contributed by atoms with E-state index in [1.165, 1.54) is 44.7 Å². The summed E-state index contributed by atoms with van der Waals surface area (Å²) >= 11 is 0. The molecule has 0 amide bonds. The molecular weight excluding hydrogens is 234 g/mol. The first-order valence-corrected chi connectivity index (χ1v) is 7.50. The molecule has 1 aromatic rings. The van der Waals surface area contributed by atoms with Crippen molar-refractivity contribution in [1.29, 1.82) is 0 Å². The first-order valence-electron chi connectivity index (χ1n) is 7.50. The maximum atomic E-state index is 5.81. The minimum Gasteiger partial charge on any atom is -0.399 e. The highest BCUT2D eigenvalue weighted by molar-refractivity contribution is 5.40. The first kappa shape index (κ1) is 14.4. The molecule has 3 nitrogen and oxygen atoms in total. The molecule has 1 saturated heterocycles. The predicted molar refractivity (Wildman–Crippen MR) is 82.3 cm³/mol. The van der Waals surface area contributed by atoms with Gasteiger partial charge >= 0.3 is 0 Å². The Morgan fingerprint density at radius 1 is 1.32 bits per heavy atom. The van der Waals surface area contributed by atoms with E-state index in [0.717, 1.165) is 12.1 Å². The van der Waals surface area contributed by atoms with E-state index in [2.05, 4.69) is 35.8 Å². The third-order valence-electron chi connectivity index (χ3n) is 4.15. The van der Waals surface area contributed by atoms with E-state index >= 15 is 0 Å². The van der Waals surface area contributed by atoms with Crippen molar-refractivity contribution in [2.75, 3.05) is 38.5 Å². The lowest BCUT2D eigenvalue weighted by Crippen LogP contribution is -2.51. The summed E-state index contributed by atoms with van der Waals surface area (Å²) in [4.78, 5) is 5.16. The summed E-state index contributed by atoms with van der Waals surface area (Å²) in [5.41, 5.74) is 8.04. The molecule has 2 N–H and O–H groups in total. The summed E-state index contributed by atoms with van der Waals surface area (Å²) in [6.07, 6.45) is 2.36. The van der Waals surface area contributed by atoms with Crippen LogP contribution in [0.15, 0.2) is 24.3 Å². The molecule has 1 atom stereocenters. The summed E-state index contributed by atoms with van der Waals surface area (Å²) in [6, 6.07) is 8.97. The van der Waals surface area contributed by atoms with Gasteiger partial charge in [-0.1, -0.05) is 19.1 Å². The molecule has 1 aliphatic heterocycles. The second-order valence-electron chi connectivity index (χ2n) is 5.63. The number of nitrogens with zero attached hydrogens (tertiary/aromatic N) is 2. The van der Waals surface area contributed by atoms with Gasteiger partial charge in [-0.2, -0.15) is 0 Å². The molecule has 0 aliphatic carbocycles. The molecule has 19 heavy (non-hydrogen) atoms. The zero-order chi connectivity index (χ0) is 13.7. The highest BCUT2D eigenvalue weighted by Gasteiger charge is 2.21. The Balaban J connectivity index is 1.72. The Labute approximate surface area is 117 Å². The Morgan fingerprint density at radius 2 is 2.16 bits per heavy atom. The molecule has 3 heteroatoms. The van der Waals surface area contributed by atoms with Gasteiger partial charge in [-0.25, -0.2) is 0 Å². The fourth-order valence-corrected chi connectivity index (χ4v) is 3.00. The van der Waals surface area contributed by atoms with Crippen LogP contribution in [0, 0.1) is 0 Å². The van der Waals surface area contributed by atoms with Crippen LogP contribution in [0.5, 0.6) is 0 Å². The molecule has 0 saturated carbocycles. The van der Waals surface area contributed by atoms with Crippen molar-refractivity contribution in [2.45, 2.75) is 32.7 Å². The molecule has 1 heterocycles. The van der Waals surface area contributed by atoms with Crippen LogP contribution >= 0.6 is 0 Å². The largest absolute Gasteiger partial charge is 0.399 e. The van der Waals surface area contributed by atoms with Gasteiger partial charge in [-0.15, -0.1) is 0 Å². The van der Waals surface area contributed by atoms with Gasteiger partial charge in [0.2, 0.25) is 0 Å². The Kier molecular flexibility index (Phi) is 5.23. The summed E-state index contributed by atoms with van der Waals surface area (Å²) in [5.74, 6) is 0. The van der Waals surface area contributed by atoms with Gasteiger partial charge in [0, 0.05) is 31.4 Å². The van der Waals surface area contributed by atoms with E-state index in [0.29, 0.717) is 6.04 Å². The quantitative estimate of drug-likeness (QED) is 0.825. The SMILES string of the molecule is CCN1CCN(CCCc2cccc(N)c2)CC1C. The average Bonchev–Trinajstić information content (AvgIpc) is 2.39. The standard InChI is InChI=1S/C16H27N3/c1-3-19-11-10-18(13-14(19)2)9-5-7-15-6-4-8-16(17)12-15/h4,6,8,12,14H,3,5,7,9-11,13,17H2,1-2H3. The van der Waals surface area contributed by atoms with Crippen molar-refractivity contribution < 1.29 is 0 Å². The van der Waals surface area contributed by atoms with Gasteiger partial charge in [0.25, 0.3) is 0 Å². The number of likely N-dealkylation sites (N-methyl/N-ethyl adjacent to an activating group) is 1. The van der Waals surface area contributed by atoms with E-state index < -0.39 is 0 Å². The fourth-order valence-electron chi connectivity index (χ4n) is 3.00. The van der Waals surface area contributed by atoms with Crippen LogP contribution < -0.4 is 5.73 Å². The van der Waals surface area contributed by atoms with Gasteiger partial charge in [-0.3, -0.25) is 4.90 Å². The van der Waals surface area contributed by atoms with Crippen molar-refractivity contribution in [2.24, 2.45) is 0 Å². The van der Waals surface area contributed by atoms with Crippen LogP contribution in [-0.4, -0.2) is 48.6 Å². The Morgan fingerprint density at radius 3 is 2.84 bits per heavy atom. The number of aryl methyl sites for hydroxylation is 1. The van der Waals surface area contributed by atoms with Crippen LogP contribution in [0.3, 0.4) is 0 Å². The molecular formula is C16H27N3. The fraction of sp³-hybridized carbons (Fsp3) is 0.625. The van der Waals surface area contributed by atoms with Crippen LogP contribution in [0.1, 0.15) is 25.8 Å². The average molecular weight is 261 g/mol. The number of piperazine rings is 1. The third kappa shape index (κ3) is 4.22. The van der Waals surface area contributed by atoms with E-state index in [1.54, 1.807) is 0 Å². The molecule has 2 rings (SSSR count). The van der Waals surface area contributed by atoms with Gasteiger partial charge in [-0.05, 0) is 50.6 Å². The smallest absolute Gasteiger partial charge is 0.0316 e. The number of hydrogen-bond acceptors (Lipinski definition) is 3. The molecule has 1 unspecified atom stereocenters. The first-order chi connectivity index (χ1) is 9.19. The van der Waals surface area contributed by atoms with Gasteiger partial charge < -0.3 is 10.6 Å². The van der Waals surface area contributed by atoms with Gasteiger partial charge in [0.15, 0.2) is 0 Å². The maximum absolute atomic E-state index is 5.81. The number of anilines is 1. The van der Waals surface area contributed by atoms with Gasteiger partial charge in [0.1, 0.15) is 0 Å². The van der Waals surface area contributed by atoms with E-state index in [1.807, 2.05) is 12.1 Å². The molecule has 0 spiro atoms. The number of hydrogen-bond donors (Lipinski definition) is 1. The lowest BCUT2D eigenvalue weighted by molar-refractivity contribution is 0.0874. The molecule has 0 radical (unpaired) electrons. The molecule has 0 aromatic heterocycles. The summed E-state index contributed by atoms with van der Waals surface area (Å²) in [6.45, 7) is 10.6. The zero-order valence-corrected chi connectivity index (χ0v) is 12.3. The van der Waals surface area contributed by atoms with Crippen LogP contribution in [0.2, 0.25) is 0 Å². The van der Waals surface area contributed by atoms with Crippen molar-refractivity contribution in [3.63, 3.8) is 0 Å². The Bertz CT molecular complexity index is 391. The maximum Gasteiger partial charge on any atom is 0.0316 e. The number of benzene rings is 1. The highest BCUT2D eigenvalue weighted by Crippen LogP contribution is 2.12. The molecule has 1 aromatic carbocycles. The topological polar surface area (TPSA) is 32.5 Å². The van der Waals surface area contributed by atoms with Crippen molar-refractivity contribution in [1.82, 2.24) is 9.80 Å². The lowest BCUT2D eigenvalue weighted by Gasteiger charge is -2.39. The molecule has 1 aliphatic rings. The van der Waals surface area contributed by atoms with Gasteiger partial charge in [0.05, 0.1) is 0 Å². The number of rotatable bonds is 5. The number of nitrogens with two attached hydrogens (primary N) is 1. The minimum atomic E-state index is 0.700. The molecule has 106 valence electrons. The van der Waals surface area contributed by atoms with Crippen molar-refractivity contribution >= 4 is 5.69 Å². The van der Waals surface area contributed by atoms with Crippen LogP contribution in [-0.2, 0) is 6.42 Å². The second kappa shape index (κ2) is 6.92. The van der Waals surface area contributed by atoms with Crippen molar-refractivity contribution in [3.05, 3.63) is 29.8 Å². The monoisotopic (exact) mass is 261 g/mol. The number of nitrogen functional groups attached to an aromatic ring is 1. The molecule has 0 bridgehead atoms. The van der Waals surface area contributed by atoms with Crippen molar-refractivity contribution in [3.8, 4) is 0 Å². The second-order valence-corrected chi connectivity index (χ2v) is 5.63. The van der Waals surface area contributed by atoms with E-state index in [4.69, 9.17) is 5.73 Å². The summed E-state index contributed by atoms with van der Waals surface area (Å²) in [5, 5.41) is 0. The van der Waals surface area contributed by atoms with E-state index in [-0.39, 0.29) is 0 Å². The lowest BCUT2D eigenvalue weighted by atomic mass is 10.1. The zero-order valence-electron chi connectivity index (χ0n) is 12.3. The van der Waals surface area contributed by atoms with Crippen LogP contribution in [0.25, 0.3) is 0 Å². The minimum absolute atomic E-state index is 0.700. The third-order valence-corrected chi connectivity index (χ3v) is 4.15. The summed E-state index contributed by atoms with van der Waals surface area (Å²) in [7, 11) is 0. The normalized spacial score (nSPS) is 21.7. The Hall–Kier alpha value is -1.06. The highest BCUT2D eigenvalue weighted by atomic mass is 15.3. The predicted octanol–water partition coefficient (Wildman–Crippen LogP) is 2.23. The van der Waals surface area contributed by atoms with E-state index in [9.17, 15) is 0 Å². The van der Waals surface area contributed by atoms with Crippen LogP contribution in [0.4, 0.5) is 5.69 Å². The molecule has 1 fully saturated rings.